The lowest BCUT2D eigenvalue weighted by Crippen LogP contribution is -2.32. The van der Waals surface area contributed by atoms with E-state index in [1.807, 2.05) is 71.8 Å². The van der Waals surface area contributed by atoms with Crippen LogP contribution >= 0.6 is 0 Å². The summed E-state index contributed by atoms with van der Waals surface area (Å²) in [5.41, 5.74) is 5.15. The lowest BCUT2D eigenvalue weighted by atomic mass is 9.95. The molecule has 0 radical (unpaired) electrons. The number of benzene rings is 3. The van der Waals surface area contributed by atoms with Crippen LogP contribution in [-0.4, -0.2) is 57.6 Å². The van der Waals surface area contributed by atoms with Gasteiger partial charge in [-0.05, 0) is 49.6 Å². The summed E-state index contributed by atoms with van der Waals surface area (Å²) in [5, 5.41) is 18.4. The number of nitrogens with zero attached hydrogens (tertiary/aromatic N) is 4. The molecule has 0 fully saturated rings. The zero-order valence-corrected chi connectivity index (χ0v) is 26.4. The number of aryl methyl sites for hydroxylation is 3. The minimum atomic E-state index is -3.61. The first kappa shape index (κ1) is 29.9. The number of sulfonamides is 1. The monoisotopic (exact) mass is 614 g/mol. The summed E-state index contributed by atoms with van der Waals surface area (Å²) in [6, 6.07) is 19.5. The number of carboxylic acid groups (broad SMARTS) is 1. The van der Waals surface area contributed by atoms with E-state index in [0.717, 1.165) is 49.8 Å². The molecule has 5 aromatic rings. The van der Waals surface area contributed by atoms with Crippen molar-refractivity contribution in [2.24, 2.45) is 7.05 Å². The summed E-state index contributed by atoms with van der Waals surface area (Å²) in [7, 11) is -0.136. The van der Waals surface area contributed by atoms with Gasteiger partial charge in [0.05, 0.1) is 29.6 Å². The van der Waals surface area contributed by atoms with Crippen molar-refractivity contribution in [1.82, 2.24) is 18.7 Å². The van der Waals surface area contributed by atoms with Crippen LogP contribution in [0.2, 0.25) is 0 Å². The zero-order chi connectivity index (χ0) is 31.2. The smallest absolute Gasteiger partial charge is 0.352 e. The van der Waals surface area contributed by atoms with Crippen molar-refractivity contribution in [3.8, 4) is 16.9 Å². The van der Waals surface area contributed by atoms with E-state index in [0.29, 0.717) is 31.6 Å². The Hall–Kier alpha value is -4.15. The molecule has 0 saturated carbocycles. The summed E-state index contributed by atoms with van der Waals surface area (Å²) in [6.07, 6.45) is 2.08. The SMILES string of the molecule is CCc1c2c(nn1C)C(C)N(C)S(=O)(=O)CCCn1c(C(=O)O)c(CCCOc3cccc4ccccc34)c3cccc-2c31. The van der Waals surface area contributed by atoms with Crippen LogP contribution in [0.5, 0.6) is 5.75 Å². The van der Waals surface area contributed by atoms with Crippen LogP contribution in [0.1, 0.15) is 60.2 Å². The number of aromatic nitrogens is 3. The molecular weight excluding hydrogens is 576 g/mol. The van der Waals surface area contributed by atoms with Crippen LogP contribution in [0.3, 0.4) is 0 Å². The van der Waals surface area contributed by atoms with E-state index in [4.69, 9.17) is 9.84 Å². The Kier molecular flexibility index (Phi) is 7.98. The molecule has 230 valence electrons. The van der Waals surface area contributed by atoms with Crippen LogP contribution < -0.4 is 4.74 Å². The average molecular weight is 615 g/mol. The molecule has 9 nitrogen and oxygen atoms in total. The molecule has 3 aromatic carbocycles. The first-order valence-electron chi connectivity index (χ1n) is 15.1. The Morgan fingerprint density at radius 2 is 1.77 bits per heavy atom. The van der Waals surface area contributed by atoms with Crippen LogP contribution in [0, 0.1) is 0 Å². The number of rotatable bonds is 7. The molecule has 0 amide bonds. The van der Waals surface area contributed by atoms with Crippen LogP contribution in [0.4, 0.5) is 0 Å². The van der Waals surface area contributed by atoms with Gasteiger partial charge in [0.2, 0.25) is 10.0 Å². The van der Waals surface area contributed by atoms with E-state index < -0.39 is 22.0 Å². The van der Waals surface area contributed by atoms with Crippen LogP contribution in [-0.2, 0) is 36.5 Å². The molecule has 0 saturated heterocycles. The van der Waals surface area contributed by atoms with Crippen molar-refractivity contribution in [3.05, 3.63) is 83.3 Å². The second kappa shape index (κ2) is 11.7. The third kappa shape index (κ3) is 5.05. The molecule has 0 spiro atoms. The standard InChI is InChI=1S/C34H38N4O5S/c1-5-28-30-27-16-9-15-25-26(17-10-20-43-29-18-8-13-23-12-6-7-14-24(23)29)33(34(39)40)38(32(25)27)19-11-21-44(41,42)37(4)22(2)31(30)35-36(28)3/h6-9,12-16,18,22H,5,10-11,17,19-21H2,1-4H3,(H,39,40). The van der Waals surface area contributed by atoms with Gasteiger partial charge in [-0.1, -0.05) is 61.5 Å². The first-order chi connectivity index (χ1) is 21.1. The van der Waals surface area contributed by atoms with Gasteiger partial charge in [0.15, 0.2) is 0 Å². The Labute approximate surface area is 257 Å². The van der Waals surface area contributed by atoms with Crippen LogP contribution in [0.15, 0.2) is 60.7 Å². The summed E-state index contributed by atoms with van der Waals surface area (Å²) in [6.45, 7) is 4.61. The average Bonchev–Trinajstić information content (AvgIpc) is 3.52. The summed E-state index contributed by atoms with van der Waals surface area (Å²) in [5.74, 6) is -0.314. The lowest BCUT2D eigenvalue weighted by molar-refractivity contribution is 0.0684. The van der Waals surface area contributed by atoms with Crippen molar-refractivity contribution >= 4 is 37.7 Å². The Morgan fingerprint density at radius 3 is 2.55 bits per heavy atom. The minimum absolute atomic E-state index is 0.0915. The van der Waals surface area contributed by atoms with E-state index in [1.54, 1.807) is 7.05 Å². The first-order valence-corrected chi connectivity index (χ1v) is 16.7. The van der Waals surface area contributed by atoms with Gasteiger partial charge in [-0.15, -0.1) is 0 Å². The quantitative estimate of drug-likeness (QED) is 0.219. The van der Waals surface area contributed by atoms with E-state index in [2.05, 4.69) is 19.1 Å². The molecule has 0 bridgehead atoms. The summed E-state index contributed by atoms with van der Waals surface area (Å²) < 4.78 is 38.0. The molecule has 1 aliphatic rings. The molecule has 44 heavy (non-hydrogen) atoms. The second-order valence-electron chi connectivity index (χ2n) is 11.5. The van der Waals surface area contributed by atoms with Crippen molar-refractivity contribution in [1.29, 1.82) is 0 Å². The minimum Gasteiger partial charge on any atom is -0.493 e. The normalized spacial score (nSPS) is 17.0. The highest BCUT2D eigenvalue weighted by molar-refractivity contribution is 7.89. The third-order valence-electron chi connectivity index (χ3n) is 8.93. The van der Waals surface area contributed by atoms with E-state index >= 15 is 0 Å². The molecule has 1 unspecified atom stereocenters. The van der Waals surface area contributed by atoms with Gasteiger partial charge in [-0.3, -0.25) is 4.68 Å². The molecule has 2 aromatic heterocycles. The predicted octanol–water partition coefficient (Wildman–Crippen LogP) is 6.19. The van der Waals surface area contributed by atoms with Gasteiger partial charge in [0.1, 0.15) is 11.4 Å². The molecule has 3 heterocycles. The maximum absolute atomic E-state index is 13.4. The topological polar surface area (TPSA) is 107 Å². The molecule has 1 N–H and O–H groups in total. The van der Waals surface area contributed by atoms with Gasteiger partial charge in [0, 0.05) is 48.2 Å². The Bertz CT molecular complexity index is 1990. The highest BCUT2D eigenvalue weighted by atomic mass is 32.2. The Morgan fingerprint density at radius 1 is 1.05 bits per heavy atom. The number of hydrogen-bond acceptors (Lipinski definition) is 5. The molecule has 1 atom stereocenters. The number of aromatic carboxylic acids is 1. The number of ether oxygens (including phenoxy) is 1. The molecule has 6 rings (SSSR count). The lowest BCUT2D eigenvalue weighted by Gasteiger charge is -2.23. The van der Waals surface area contributed by atoms with Gasteiger partial charge in [-0.25, -0.2) is 13.2 Å². The number of para-hydroxylation sites is 1. The molecular formula is C34H38N4O5S. The van der Waals surface area contributed by atoms with Crippen LogP contribution in [0.25, 0.3) is 32.8 Å². The fraction of sp³-hybridized carbons (Fsp3) is 0.353. The summed E-state index contributed by atoms with van der Waals surface area (Å²) >= 11 is 0. The van der Waals surface area contributed by atoms with E-state index in [9.17, 15) is 18.3 Å². The number of fused-ring (bicyclic) bond motifs is 3. The fourth-order valence-electron chi connectivity index (χ4n) is 6.69. The number of carbonyl (C=O) groups is 1. The van der Waals surface area contributed by atoms with E-state index in [-0.39, 0.29) is 24.4 Å². The highest BCUT2D eigenvalue weighted by Crippen LogP contribution is 2.41. The third-order valence-corrected chi connectivity index (χ3v) is 10.9. The van der Waals surface area contributed by atoms with Crippen molar-refractivity contribution in [2.45, 2.75) is 52.1 Å². The molecule has 0 aliphatic carbocycles. The Balaban J connectivity index is 1.46. The fourth-order valence-corrected chi connectivity index (χ4v) is 8.05. The van der Waals surface area contributed by atoms with E-state index in [1.165, 1.54) is 4.31 Å². The van der Waals surface area contributed by atoms with Crippen molar-refractivity contribution in [2.75, 3.05) is 19.4 Å². The van der Waals surface area contributed by atoms with Crippen molar-refractivity contribution < 1.29 is 23.1 Å². The number of carboxylic acids is 1. The highest BCUT2D eigenvalue weighted by Gasteiger charge is 2.33. The maximum atomic E-state index is 13.4. The van der Waals surface area contributed by atoms with Gasteiger partial charge in [-0.2, -0.15) is 9.40 Å². The zero-order valence-electron chi connectivity index (χ0n) is 25.6. The predicted molar refractivity (Wildman–Crippen MR) is 173 cm³/mol. The number of hydrogen-bond donors (Lipinski definition) is 1. The second-order valence-corrected chi connectivity index (χ2v) is 13.6. The summed E-state index contributed by atoms with van der Waals surface area (Å²) in [4.78, 5) is 12.9. The van der Waals surface area contributed by atoms with Crippen molar-refractivity contribution in [3.63, 3.8) is 0 Å². The molecule has 1 aliphatic heterocycles. The van der Waals surface area contributed by atoms with Gasteiger partial charge in [0.25, 0.3) is 0 Å². The molecule has 10 heteroatoms. The maximum Gasteiger partial charge on any atom is 0.352 e. The van der Waals surface area contributed by atoms with Gasteiger partial charge >= 0.3 is 5.97 Å². The van der Waals surface area contributed by atoms with Gasteiger partial charge < -0.3 is 14.4 Å². The largest absolute Gasteiger partial charge is 0.493 e.